The van der Waals surface area contributed by atoms with Crippen LogP contribution in [0.15, 0.2) is 27.5 Å². The summed E-state index contributed by atoms with van der Waals surface area (Å²) >= 11 is 0. The lowest BCUT2D eigenvalue weighted by atomic mass is 10.3. The number of fused-ring (bicyclic) bond motifs is 1. The first-order valence-corrected chi connectivity index (χ1v) is 8.42. The van der Waals surface area contributed by atoms with Crippen molar-refractivity contribution in [3.8, 4) is 5.75 Å². The van der Waals surface area contributed by atoms with Gasteiger partial charge in [0, 0.05) is 32.2 Å². The van der Waals surface area contributed by atoms with E-state index in [1.165, 1.54) is 13.2 Å². The molecule has 120 valence electrons. The third-order valence-corrected chi connectivity index (χ3v) is 5.02. The monoisotopic (exact) mass is 325 g/mol. The van der Waals surface area contributed by atoms with Crippen LogP contribution < -0.4 is 15.5 Å². The topological polar surface area (TPSA) is 86.3 Å². The van der Waals surface area contributed by atoms with Crippen molar-refractivity contribution in [1.29, 1.82) is 0 Å². The first-order valence-electron chi connectivity index (χ1n) is 6.98. The third kappa shape index (κ3) is 3.01. The van der Waals surface area contributed by atoms with E-state index in [1.807, 2.05) is 5.01 Å². The van der Waals surface area contributed by atoms with E-state index < -0.39 is 10.0 Å². The Kier molecular flexibility index (Phi) is 3.94. The van der Waals surface area contributed by atoms with Gasteiger partial charge < -0.3 is 15.0 Å². The largest absolute Gasteiger partial charge is 0.497 e. The number of piperazine rings is 1. The Hall–Kier alpha value is -1.84. The van der Waals surface area contributed by atoms with E-state index in [0.29, 0.717) is 11.4 Å². The van der Waals surface area contributed by atoms with Gasteiger partial charge in [0.15, 0.2) is 0 Å². The number of rotatable bonds is 2. The van der Waals surface area contributed by atoms with Gasteiger partial charge in [-0.15, -0.1) is 4.40 Å². The molecule has 2 heterocycles. The van der Waals surface area contributed by atoms with Crippen molar-refractivity contribution in [2.75, 3.05) is 45.7 Å². The first-order chi connectivity index (χ1) is 10.5. The number of hydrogen-bond donors (Lipinski definition) is 2. The van der Waals surface area contributed by atoms with Crippen LogP contribution in [0.2, 0.25) is 0 Å². The summed E-state index contributed by atoms with van der Waals surface area (Å²) in [6.45, 7) is 3.43. The Morgan fingerprint density at radius 1 is 1.27 bits per heavy atom. The molecule has 0 radical (unpaired) electrons. The number of nitrogens with one attached hydrogen (secondary N) is 2. The van der Waals surface area contributed by atoms with Crippen LogP contribution in [0.3, 0.4) is 0 Å². The third-order valence-electron chi connectivity index (χ3n) is 3.70. The van der Waals surface area contributed by atoms with Crippen LogP contribution >= 0.6 is 0 Å². The van der Waals surface area contributed by atoms with Crippen LogP contribution in [-0.4, -0.2) is 64.6 Å². The summed E-state index contributed by atoms with van der Waals surface area (Å²) in [5.41, 5.74) is 3.53. The van der Waals surface area contributed by atoms with Gasteiger partial charge in [-0.25, -0.2) is 5.01 Å². The van der Waals surface area contributed by atoms with Gasteiger partial charge in [-0.2, -0.15) is 8.42 Å². The lowest BCUT2D eigenvalue weighted by molar-refractivity contribution is 0.131. The van der Waals surface area contributed by atoms with E-state index in [2.05, 4.69) is 27.1 Å². The van der Waals surface area contributed by atoms with Gasteiger partial charge in [0.05, 0.1) is 12.8 Å². The average Bonchev–Trinajstić information content (AvgIpc) is 2.49. The molecule has 1 fully saturated rings. The fraction of sp³-hybridized carbons (Fsp3) is 0.462. The number of guanidine groups is 1. The second-order valence-corrected chi connectivity index (χ2v) is 6.88. The molecular formula is C13H19N5O3S. The lowest BCUT2D eigenvalue weighted by Crippen LogP contribution is -2.54. The van der Waals surface area contributed by atoms with Crippen LogP contribution in [0.5, 0.6) is 5.75 Å². The van der Waals surface area contributed by atoms with Gasteiger partial charge in [0.2, 0.25) is 5.96 Å². The van der Waals surface area contributed by atoms with Crippen molar-refractivity contribution in [1.82, 2.24) is 15.3 Å². The lowest BCUT2D eigenvalue weighted by Gasteiger charge is -2.33. The standard InChI is InChI=1S/C13H19N5O3S/c1-17-5-7-18(8-6-17)15-13-14-11-4-3-10(21-2)9-12(11)22(19,20)16-13/h3-4,9H,5-8H2,1-2H3,(H2,14,15,16). The summed E-state index contributed by atoms with van der Waals surface area (Å²) < 4.78 is 33.5. The summed E-state index contributed by atoms with van der Waals surface area (Å²) in [5.74, 6) is 0.706. The maximum absolute atomic E-state index is 12.3. The van der Waals surface area contributed by atoms with Gasteiger partial charge in [-0.05, 0) is 19.2 Å². The van der Waals surface area contributed by atoms with E-state index in [4.69, 9.17) is 4.74 Å². The molecule has 0 aromatic heterocycles. The molecule has 0 spiro atoms. The SMILES string of the molecule is COc1ccc2c(c1)S(=O)(=O)N=C(NN1CCN(C)CC1)N2. The first kappa shape index (κ1) is 15.1. The summed E-state index contributed by atoms with van der Waals surface area (Å²) in [6.07, 6.45) is 0. The van der Waals surface area contributed by atoms with E-state index in [1.54, 1.807) is 12.1 Å². The van der Waals surface area contributed by atoms with E-state index in [-0.39, 0.29) is 10.9 Å². The van der Waals surface area contributed by atoms with Crippen LogP contribution in [0.4, 0.5) is 5.69 Å². The minimum atomic E-state index is -3.74. The number of methoxy groups -OCH3 is 1. The fourth-order valence-corrected chi connectivity index (χ4v) is 3.47. The Balaban J connectivity index is 1.80. The predicted octanol–water partition coefficient (Wildman–Crippen LogP) is -0.0826. The maximum atomic E-state index is 12.3. The number of hydrazine groups is 1. The summed E-state index contributed by atoms with van der Waals surface area (Å²) in [4.78, 5) is 2.34. The number of nitrogens with zero attached hydrogens (tertiary/aromatic N) is 3. The van der Waals surface area contributed by atoms with E-state index in [0.717, 1.165) is 26.2 Å². The van der Waals surface area contributed by atoms with Gasteiger partial charge in [0.1, 0.15) is 10.6 Å². The number of sulfonamides is 1. The molecule has 8 nitrogen and oxygen atoms in total. The number of anilines is 1. The smallest absolute Gasteiger partial charge is 0.287 e. The van der Waals surface area contributed by atoms with Crippen LogP contribution in [0.1, 0.15) is 0 Å². The molecule has 0 saturated carbocycles. The molecule has 0 unspecified atom stereocenters. The second-order valence-electron chi connectivity index (χ2n) is 5.30. The number of hydrogen-bond acceptors (Lipinski definition) is 7. The van der Waals surface area contributed by atoms with Crippen molar-refractivity contribution < 1.29 is 13.2 Å². The van der Waals surface area contributed by atoms with Gasteiger partial charge in [-0.1, -0.05) is 0 Å². The minimum absolute atomic E-state index is 0.121. The zero-order valence-electron chi connectivity index (χ0n) is 12.5. The Labute approximate surface area is 129 Å². The normalized spacial score (nSPS) is 21.5. The molecule has 2 aliphatic heterocycles. The van der Waals surface area contributed by atoms with Crippen LogP contribution in [0.25, 0.3) is 0 Å². The zero-order chi connectivity index (χ0) is 15.7. The quantitative estimate of drug-likeness (QED) is 0.786. The Bertz CT molecular complexity index is 696. The van der Waals surface area contributed by atoms with E-state index in [9.17, 15) is 8.42 Å². The highest BCUT2D eigenvalue weighted by atomic mass is 32.2. The van der Waals surface area contributed by atoms with Crippen LogP contribution in [-0.2, 0) is 10.0 Å². The molecule has 1 aromatic rings. The molecule has 0 bridgehead atoms. The molecule has 3 rings (SSSR count). The highest BCUT2D eigenvalue weighted by Gasteiger charge is 2.27. The van der Waals surface area contributed by atoms with Gasteiger partial charge in [-0.3, -0.25) is 5.43 Å². The van der Waals surface area contributed by atoms with Crippen molar-refractivity contribution in [2.45, 2.75) is 4.90 Å². The molecule has 1 aromatic carbocycles. The molecule has 0 amide bonds. The number of benzene rings is 1. The molecule has 9 heteroatoms. The predicted molar refractivity (Wildman–Crippen MR) is 83.4 cm³/mol. The molecule has 1 saturated heterocycles. The second kappa shape index (κ2) is 5.75. The number of ether oxygens (including phenoxy) is 1. The van der Waals surface area contributed by atoms with E-state index >= 15 is 0 Å². The molecule has 22 heavy (non-hydrogen) atoms. The van der Waals surface area contributed by atoms with Gasteiger partial charge in [0.25, 0.3) is 10.0 Å². The van der Waals surface area contributed by atoms with Crippen molar-refractivity contribution in [3.63, 3.8) is 0 Å². The Morgan fingerprint density at radius 2 is 2.00 bits per heavy atom. The van der Waals surface area contributed by atoms with Crippen molar-refractivity contribution >= 4 is 21.7 Å². The fourth-order valence-electron chi connectivity index (χ4n) is 2.38. The summed E-state index contributed by atoms with van der Waals surface area (Å²) in [5, 5.41) is 4.97. The highest BCUT2D eigenvalue weighted by molar-refractivity contribution is 7.90. The Morgan fingerprint density at radius 3 is 2.68 bits per heavy atom. The van der Waals surface area contributed by atoms with Crippen molar-refractivity contribution in [2.24, 2.45) is 4.40 Å². The minimum Gasteiger partial charge on any atom is -0.497 e. The summed E-state index contributed by atoms with van der Waals surface area (Å²) in [6, 6.07) is 4.85. The molecular weight excluding hydrogens is 306 g/mol. The zero-order valence-corrected chi connectivity index (χ0v) is 13.4. The van der Waals surface area contributed by atoms with Crippen molar-refractivity contribution in [3.05, 3.63) is 18.2 Å². The molecule has 2 N–H and O–H groups in total. The summed E-state index contributed by atoms with van der Waals surface area (Å²) in [7, 11) is -0.188. The van der Waals surface area contributed by atoms with Gasteiger partial charge >= 0.3 is 0 Å². The average molecular weight is 325 g/mol. The molecule has 0 aliphatic carbocycles. The number of likely N-dealkylation sites (N-methyl/N-ethyl adjacent to an activating group) is 1. The molecule has 0 atom stereocenters. The highest BCUT2D eigenvalue weighted by Crippen LogP contribution is 2.30. The van der Waals surface area contributed by atoms with Crippen LogP contribution in [0, 0.1) is 0 Å². The molecule has 2 aliphatic rings. The maximum Gasteiger partial charge on any atom is 0.287 e.